The van der Waals surface area contributed by atoms with Crippen LogP contribution in [0, 0.1) is 17.0 Å². The molecule has 0 amide bonds. The predicted octanol–water partition coefficient (Wildman–Crippen LogP) is 2.38. The molecule has 7 heteroatoms. The Bertz CT molecular complexity index is 616. The zero-order valence-corrected chi connectivity index (χ0v) is 10.2. The van der Waals surface area contributed by atoms with E-state index in [1.807, 2.05) is 0 Å². The van der Waals surface area contributed by atoms with Crippen LogP contribution in [0.25, 0.3) is 0 Å². The van der Waals surface area contributed by atoms with Gasteiger partial charge in [-0.1, -0.05) is 6.07 Å². The summed E-state index contributed by atoms with van der Waals surface area (Å²) in [5.41, 5.74) is 2.89. The molecule has 1 aromatic heterocycles. The van der Waals surface area contributed by atoms with Gasteiger partial charge in [0.25, 0.3) is 0 Å². The van der Waals surface area contributed by atoms with Gasteiger partial charge >= 0.3 is 5.69 Å². The van der Waals surface area contributed by atoms with Gasteiger partial charge in [-0.05, 0) is 31.2 Å². The molecular formula is C12H12N4O3. The van der Waals surface area contributed by atoms with Crippen LogP contribution >= 0.6 is 0 Å². The highest BCUT2D eigenvalue weighted by Gasteiger charge is 2.21. The molecular weight excluding hydrogens is 248 g/mol. The first-order valence-corrected chi connectivity index (χ1v) is 5.47. The van der Waals surface area contributed by atoms with E-state index in [0.717, 1.165) is 0 Å². The lowest BCUT2D eigenvalue weighted by atomic mass is 10.2. The third kappa shape index (κ3) is 2.61. The van der Waals surface area contributed by atoms with Crippen LogP contribution in [0.5, 0.6) is 11.5 Å². The number of aromatic nitrogens is 1. The summed E-state index contributed by atoms with van der Waals surface area (Å²) in [4.78, 5) is 14.6. The molecule has 3 N–H and O–H groups in total. The lowest BCUT2D eigenvalue weighted by Crippen LogP contribution is -2.09. The molecule has 0 aliphatic rings. The number of nitrogen functional groups attached to an aromatic ring is 1. The monoisotopic (exact) mass is 260 g/mol. The fraction of sp³-hybridized carbons (Fsp3) is 0.0833. The number of nitro groups is 1. The SMILES string of the molecule is Cc1ncccc1Oc1cccc(NN)c1[N+](=O)[O-]. The number of nitrogens with two attached hydrogens (primary N) is 1. The molecule has 2 aromatic rings. The molecule has 1 heterocycles. The Hall–Kier alpha value is -2.67. The maximum atomic E-state index is 11.1. The number of para-hydroxylation sites is 1. The van der Waals surface area contributed by atoms with Gasteiger partial charge in [-0.3, -0.25) is 20.9 Å². The average molecular weight is 260 g/mol. The minimum absolute atomic E-state index is 0.108. The first-order chi connectivity index (χ1) is 9.13. The number of rotatable bonds is 4. The lowest BCUT2D eigenvalue weighted by molar-refractivity contribution is -0.384. The van der Waals surface area contributed by atoms with Crippen LogP contribution in [0.4, 0.5) is 11.4 Å². The van der Waals surface area contributed by atoms with E-state index in [0.29, 0.717) is 11.4 Å². The second-order valence-corrected chi connectivity index (χ2v) is 3.74. The van der Waals surface area contributed by atoms with Gasteiger partial charge in [-0.15, -0.1) is 0 Å². The molecule has 0 saturated carbocycles. The summed E-state index contributed by atoms with van der Waals surface area (Å²) < 4.78 is 5.54. The summed E-state index contributed by atoms with van der Waals surface area (Å²) in [6, 6.07) is 8.00. The highest BCUT2D eigenvalue weighted by molar-refractivity contribution is 5.68. The van der Waals surface area contributed by atoms with E-state index in [1.54, 1.807) is 31.3 Å². The minimum atomic E-state index is -0.545. The molecule has 0 atom stereocenters. The molecule has 0 aliphatic carbocycles. The van der Waals surface area contributed by atoms with Crippen molar-refractivity contribution in [3.8, 4) is 11.5 Å². The number of hydrogen-bond acceptors (Lipinski definition) is 6. The smallest absolute Gasteiger partial charge is 0.335 e. The van der Waals surface area contributed by atoms with E-state index < -0.39 is 4.92 Å². The number of benzene rings is 1. The van der Waals surface area contributed by atoms with E-state index in [-0.39, 0.29) is 17.1 Å². The predicted molar refractivity (Wildman–Crippen MR) is 70.0 cm³/mol. The Balaban J connectivity index is 2.46. The van der Waals surface area contributed by atoms with Crippen LogP contribution in [0.15, 0.2) is 36.5 Å². The number of ether oxygens (including phenoxy) is 1. The van der Waals surface area contributed by atoms with E-state index in [9.17, 15) is 10.1 Å². The van der Waals surface area contributed by atoms with Crippen molar-refractivity contribution in [3.05, 3.63) is 52.3 Å². The van der Waals surface area contributed by atoms with Gasteiger partial charge in [0, 0.05) is 6.20 Å². The molecule has 0 radical (unpaired) electrons. The Labute approximate surface area is 109 Å². The van der Waals surface area contributed by atoms with Gasteiger partial charge in [0.2, 0.25) is 5.75 Å². The molecule has 0 aliphatic heterocycles. The van der Waals surface area contributed by atoms with Crippen molar-refractivity contribution in [1.82, 2.24) is 4.98 Å². The third-order valence-corrected chi connectivity index (χ3v) is 2.52. The molecule has 1 aromatic carbocycles. The Morgan fingerprint density at radius 1 is 1.32 bits per heavy atom. The number of nitrogens with one attached hydrogen (secondary N) is 1. The zero-order chi connectivity index (χ0) is 13.8. The van der Waals surface area contributed by atoms with E-state index in [2.05, 4.69) is 10.4 Å². The molecule has 0 saturated heterocycles. The van der Waals surface area contributed by atoms with Crippen LogP contribution in [-0.2, 0) is 0 Å². The molecule has 0 bridgehead atoms. The third-order valence-electron chi connectivity index (χ3n) is 2.52. The number of hydrogen-bond donors (Lipinski definition) is 2. The topological polar surface area (TPSA) is 103 Å². The largest absolute Gasteiger partial charge is 0.448 e. The first-order valence-electron chi connectivity index (χ1n) is 5.47. The van der Waals surface area contributed by atoms with Crippen molar-refractivity contribution >= 4 is 11.4 Å². The maximum Gasteiger partial charge on any atom is 0.335 e. The summed E-state index contributed by atoms with van der Waals surface area (Å²) in [5.74, 6) is 5.82. The molecule has 0 fully saturated rings. The number of aryl methyl sites for hydroxylation is 1. The molecule has 19 heavy (non-hydrogen) atoms. The Morgan fingerprint density at radius 2 is 2.05 bits per heavy atom. The van der Waals surface area contributed by atoms with E-state index >= 15 is 0 Å². The highest BCUT2D eigenvalue weighted by Crippen LogP contribution is 2.37. The van der Waals surface area contributed by atoms with Crippen LogP contribution in [-0.4, -0.2) is 9.91 Å². The number of nitrogens with zero attached hydrogens (tertiary/aromatic N) is 2. The van der Waals surface area contributed by atoms with E-state index in [1.165, 1.54) is 12.1 Å². The Morgan fingerprint density at radius 3 is 2.68 bits per heavy atom. The van der Waals surface area contributed by atoms with Crippen molar-refractivity contribution in [2.75, 3.05) is 5.43 Å². The van der Waals surface area contributed by atoms with Crippen molar-refractivity contribution < 1.29 is 9.66 Å². The summed E-state index contributed by atoms with van der Waals surface area (Å²) in [5, 5.41) is 11.1. The fourth-order valence-corrected chi connectivity index (χ4v) is 1.61. The summed E-state index contributed by atoms with van der Waals surface area (Å²) in [7, 11) is 0. The molecule has 0 spiro atoms. The zero-order valence-electron chi connectivity index (χ0n) is 10.2. The van der Waals surface area contributed by atoms with Crippen molar-refractivity contribution in [3.63, 3.8) is 0 Å². The van der Waals surface area contributed by atoms with Crippen molar-refractivity contribution in [2.45, 2.75) is 6.92 Å². The average Bonchev–Trinajstić information content (AvgIpc) is 2.40. The molecule has 7 nitrogen and oxygen atoms in total. The van der Waals surface area contributed by atoms with Gasteiger partial charge in [0.05, 0.1) is 10.6 Å². The molecule has 2 rings (SSSR count). The van der Waals surface area contributed by atoms with Gasteiger partial charge < -0.3 is 10.2 Å². The van der Waals surface area contributed by atoms with Gasteiger partial charge in [-0.2, -0.15) is 0 Å². The summed E-state index contributed by atoms with van der Waals surface area (Å²) in [6.07, 6.45) is 1.62. The lowest BCUT2D eigenvalue weighted by Gasteiger charge is -2.10. The van der Waals surface area contributed by atoms with Crippen LogP contribution in [0.2, 0.25) is 0 Å². The molecule has 98 valence electrons. The van der Waals surface area contributed by atoms with Gasteiger partial charge in [0.1, 0.15) is 11.4 Å². The van der Waals surface area contributed by atoms with Crippen molar-refractivity contribution in [2.24, 2.45) is 5.84 Å². The highest BCUT2D eigenvalue weighted by atomic mass is 16.6. The first kappa shape index (κ1) is 12.8. The standard InChI is InChI=1S/C12H12N4O3/c1-8-10(6-3-7-14-8)19-11-5-2-4-9(15-13)12(11)16(17)18/h2-7,15H,13H2,1H3. The second kappa shape index (κ2) is 5.32. The van der Waals surface area contributed by atoms with Crippen LogP contribution in [0.3, 0.4) is 0 Å². The number of hydrazine groups is 1. The number of anilines is 1. The normalized spacial score (nSPS) is 10.0. The number of nitro benzene ring substituents is 1. The van der Waals surface area contributed by atoms with E-state index in [4.69, 9.17) is 10.6 Å². The van der Waals surface area contributed by atoms with Crippen LogP contribution in [0.1, 0.15) is 5.69 Å². The maximum absolute atomic E-state index is 11.1. The fourth-order valence-electron chi connectivity index (χ4n) is 1.61. The van der Waals surface area contributed by atoms with Crippen LogP contribution < -0.4 is 16.0 Å². The summed E-state index contributed by atoms with van der Waals surface area (Å²) in [6.45, 7) is 1.76. The van der Waals surface area contributed by atoms with Gasteiger partial charge in [0.15, 0.2) is 0 Å². The quantitative estimate of drug-likeness (QED) is 0.497. The Kier molecular flexibility index (Phi) is 3.58. The minimum Gasteiger partial charge on any atom is -0.448 e. The summed E-state index contributed by atoms with van der Waals surface area (Å²) >= 11 is 0. The second-order valence-electron chi connectivity index (χ2n) is 3.74. The van der Waals surface area contributed by atoms with Crippen molar-refractivity contribution in [1.29, 1.82) is 0 Å². The van der Waals surface area contributed by atoms with Gasteiger partial charge in [-0.25, -0.2) is 0 Å². The number of pyridine rings is 1. The molecule has 0 unspecified atom stereocenters.